The summed E-state index contributed by atoms with van der Waals surface area (Å²) in [6, 6.07) is 16.0. The number of anilines is 5. The van der Waals surface area contributed by atoms with Crippen LogP contribution in [-0.4, -0.2) is 52.1 Å². The minimum Gasteiger partial charge on any atom is -0.475 e. The number of hydrogen-bond donors (Lipinski definition) is 4. The Bertz CT molecular complexity index is 1710. The first-order valence-electron chi connectivity index (χ1n) is 13.3. The average Bonchev–Trinajstić information content (AvgIpc) is 2.99. The number of carbonyl (C=O) groups is 2. The maximum atomic E-state index is 14.8. The molecule has 0 aliphatic heterocycles. The molecule has 16 heteroatoms. The molecule has 1 aromatic heterocycles. The molecule has 0 aliphatic rings. The van der Waals surface area contributed by atoms with Crippen molar-refractivity contribution in [3.05, 3.63) is 103 Å². The van der Waals surface area contributed by atoms with Crippen molar-refractivity contribution in [1.29, 1.82) is 0 Å². The van der Waals surface area contributed by atoms with Crippen molar-refractivity contribution < 1.29 is 45.4 Å². The van der Waals surface area contributed by atoms with Gasteiger partial charge in [0.25, 0.3) is 0 Å². The van der Waals surface area contributed by atoms with Crippen LogP contribution in [0.1, 0.15) is 11.1 Å². The lowest BCUT2D eigenvalue weighted by Crippen LogP contribution is -2.21. The highest BCUT2D eigenvalue weighted by Gasteiger charge is 2.38. The molecule has 0 fully saturated rings. The molecule has 0 radical (unpaired) electrons. The van der Waals surface area contributed by atoms with Crippen molar-refractivity contribution in [3.63, 3.8) is 0 Å². The number of carbonyl (C=O) groups excluding carboxylic acids is 1. The van der Waals surface area contributed by atoms with Crippen molar-refractivity contribution in [2.24, 2.45) is 0 Å². The van der Waals surface area contributed by atoms with Crippen LogP contribution in [0.4, 0.5) is 59.6 Å². The first-order chi connectivity index (χ1) is 22.0. The lowest BCUT2D eigenvalue weighted by atomic mass is 10.1. The Balaban J connectivity index is 0.000000771. The third-order valence-corrected chi connectivity index (χ3v) is 5.94. The van der Waals surface area contributed by atoms with Gasteiger partial charge in [0.1, 0.15) is 11.6 Å². The van der Waals surface area contributed by atoms with Crippen molar-refractivity contribution in [2.75, 3.05) is 30.0 Å². The fourth-order valence-corrected chi connectivity index (χ4v) is 3.79. The number of nitrogens with one attached hydrogen (secondary N) is 3. The molecule has 1 amide bonds. The standard InChI is InChI=1S/C29H26F4N6O.C2HF3O2/c1-4-26(40)35-22-13-14-24(30)25(15-22)37-27-23(19-7-9-20(10-8-19)29(31,32)33)16-34-28(38-27)36-21-11-5-18(6-12-21)17-39(2)3;3-2(4,5)1(6)7/h4-16H,1,17H2,2-3H3,(H,35,40)(H2,34,36,37,38);(H,6,7). The molecule has 0 bridgehead atoms. The topological polar surface area (TPSA) is 119 Å². The van der Waals surface area contributed by atoms with Crippen LogP contribution in [0.2, 0.25) is 0 Å². The van der Waals surface area contributed by atoms with Gasteiger partial charge >= 0.3 is 18.3 Å². The van der Waals surface area contributed by atoms with Gasteiger partial charge in [-0.2, -0.15) is 31.3 Å². The molecule has 0 atom stereocenters. The van der Waals surface area contributed by atoms with Gasteiger partial charge in [-0.05, 0) is 73.8 Å². The number of halogens is 7. The van der Waals surface area contributed by atoms with Gasteiger partial charge in [-0.15, -0.1) is 0 Å². The van der Waals surface area contributed by atoms with Gasteiger partial charge in [0, 0.05) is 29.7 Å². The quantitative estimate of drug-likeness (QED) is 0.107. The van der Waals surface area contributed by atoms with Crippen LogP contribution < -0.4 is 16.0 Å². The van der Waals surface area contributed by atoms with Crippen LogP contribution in [0.25, 0.3) is 11.1 Å². The Morgan fingerprint density at radius 1 is 0.915 bits per heavy atom. The van der Waals surface area contributed by atoms with Gasteiger partial charge in [-0.25, -0.2) is 14.2 Å². The zero-order chi connectivity index (χ0) is 34.9. The summed E-state index contributed by atoms with van der Waals surface area (Å²) in [5.74, 6) is -3.57. The van der Waals surface area contributed by atoms with Gasteiger partial charge in [0.05, 0.1) is 11.3 Å². The smallest absolute Gasteiger partial charge is 0.475 e. The SMILES string of the molecule is C=CC(=O)Nc1ccc(F)c(Nc2nc(Nc3ccc(CN(C)C)cc3)ncc2-c2ccc(C(F)(F)F)cc2)c1.O=C(O)C(F)(F)F. The summed E-state index contributed by atoms with van der Waals surface area (Å²) in [4.78, 5) is 31.5. The van der Waals surface area contributed by atoms with Crippen LogP contribution in [0, 0.1) is 5.82 Å². The van der Waals surface area contributed by atoms with Gasteiger partial charge in [-0.3, -0.25) is 4.79 Å². The minimum atomic E-state index is -5.08. The maximum Gasteiger partial charge on any atom is 0.490 e. The Morgan fingerprint density at radius 3 is 2.04 bits per heavy atom. The summed E-state index contributed by atoms with van der Waals surface area (Å²) >= 11 is 0. The largest absolute Gasteiger partial charge is 0.490 e. The Morgan fingerprint density at radius 2 is 1.51 bits per heavy atom. The highest BCUT2D eigenvalue weighted by atomic mass is 19.4. The summed E-state index contributed by atoms with van der Waals surface area (Å²) in [6.45, 7) is 4.16. The number of aliphatic carboxylic acids is 1. The third-order valence-electron chi connectivity index (χ3n) is 5.94. The summed E-state index contributed by atoms with van der Waals surface area (Å²) in [6.07, 6.45) is -7.07. The minimum absolute atomic E-state index is 0.0206. The van der Waals surface area contributed by atoms with E-state index < -0.39 is 35.6 Å². The van der Waals surface area contributed by atoms with Crippen molar-refractivity contribution in [2.45, 2.75) is 18.9 Å². The van der Waals surface area contributed by atoms with Gasteiger partial charge in [-0.1, -0.05) is 30.8 Å². The van der Waals surface area contributed by atoms with Crippen LogP contribution in [0.3, 0.4) is 0 Å². The van der Waals surface area contributed by atoms with Gasteiger partial charge in [0.15, 0.2) is 0 Å². The second kappa shape index (κ2) is 15.2. The fourth-order valence-electron chi connectivity index (χ4n) is 3.79. The molecule has 4 aromatic rings. The van der Waals surface area contributed by atoms with Gasteiger partial charge in [0.2, 0.25) is 11.9 Å². The summed E-state index contributed by atoms with van der Waals surface area (Å²) in [5, 5.41) is 15.7. The predicted octanol–water partition coefficient (Wildman–Crippen LogP) is 7.61. The molecule has 3 aromatic carbocycles. The summed E-state index contributed by atoms with van der Waals surface area (Å²) < 4.78 is 85.8. The molecule has 0 spiro atoms. The van der Waals surface area contributed by atoms with E-state index in [1.54, 1.807) is 0 Å². The van der Waals surface area contributed by atoms with Crippen molar-refractivity contribution >= 4 is 40.7 Å². The summed E-state index contributed by atoms with van der Waals surface area (Å²) in [7, 11) is 3.94. The first kappa shape index (κ1) is 36.0. The summed E-state index contributed by atoms with van der Waals surface area (Å²) in [5.41, 5.74) is 2.00. The van der Waals surface area contributed by atoms with Crippen molar-refractivity contribution in [1.82, 2.24) is 14.9 Å². The van der Waals surface area contributed by atoms with E-state index in [-0.39, 0.29) is 17.5 Å². The second-order valence-corrected chi connectivity index (χ2v) is 9.91. The highest BCUT2D eigenvalue weighted by molar-refractivity contribution is 5.99. The van der Waals surface area contributed by atoms with E-state index in [2.05, 4.69) is 32.5 Å². The van der Waals surface area contributed by atoms with E-state index in [4.69, 9.17) is 9.90 Å². The van der Waals surface area contributed by atoms with Crippen LogP contribution >= 0.6 is 0 Å². The number of carboxylic acids is 1. The number of alkyl halides is 6. The zero-order valence-corrected chi connectivity index (χ0v) is 24.7. The molecule has 4 rings (SSSR count). The Kier molecular flexibility index (Phi) is 11.6. The molecular formula is C31H27F7N6O3. The molecule has 0 aliphatic carbocycles. The number of amides is 1. The molecule has 0 saturated carbocycles. The molecule has 0 unspecified atom stereocenters. The number of rotatable bonds is 9. The van der Waals surface area contributed by atoms with Crippen LogP contribution in [0.15, 0.2) is 85.6 Å². The van der Waals surface area contributed by atoms with Crippen LogP contribution in [-0.2, 0) is 22.3 Å². The number of carboxylic acid groups (broad SMARTS) is 1. The number of hydrogen-bond acceptors (Lipinski definition) is 7. The van der Waals surface area contributed by atoms with E-state index in [1.165, 1.54) is 30.5 Å². The Hall–Kier alpha value is -5.51. The fraction of sp³-hybridized carbons (Fsp3) is 0.161. The lowest BCUT2D eigenvalue weighted by Gasteiger charge is -2.15. The monoisotopic (exact) mass is 664 g/mol. The number of nitrogens with zero attached hydrogens (tertiary/aromatic N) is 3. The van der Waals surface area contributed by atoms with Crippen LogP contribution in [0.5, 0.6) is 0 Å². The normalized spacial score (nSPS) is 11.3. The molecule has 4 N–H and O–H groups in total. The third kappa shape index (κ3) is 10.8. The molecule has 47 heavy (non-hydrogen) atoms. The molecule has 9 nitrogen and oxygen atoms in total. The van der Waals surface area contributed by atoms with E-state index in [1.807, 2.05) is 43.3 Å². The number of aromatic nitrogens is 2. The Labute approximate surface area is 263 Å². The highest BCUT2D eigenvalue weighted by Crippen LogP contribution is 2.35. The first-order valence-corrected chi connectivity index (χ1v) is 13.3. The lowest BCUT2D eigenvalue weighted by molar-refractivity contribution is -0.192. The zero-order valence-electron chi connectivity index (χ0n) is 24.7. The van der Waals surface area contributed by atoms with E-state index in [9.17, 15) is 35.5 Å². The molecule has 0 saturated heterocycles. The van der Waals surface area contributed by atoms with Gasteiger partial charge < -0.3 is 26.0 Å². The molecule has 1 heterocycles. The molecular weight excluding hydrogens is 637 g/mol. The predicted molar refractivity (Wildman–Crippen MR) is 162 cm³/mol. The maximum absolute atomic E-state index is 14.8. The number of benzene rings is 3. The average molecular weight is 665 g/mol. The van der Waals surface area contributed by atoms with E-state index in [0.717, 1.165) is 36.4 Å². The second-order valence-electron chi connectivity index (χ2n) is 9.91. The van der Waals surface area contributed by atoms with Crippen molar-refractivity contribution in [3.8, 4) is 11.1 Å². The molecule has 248 valence electrons. The van der Waals surface area contributed by atoms with E-state index >= 15 is 0 Å². The van der Waals surface area contributed by atoms with E-state index in [0.29, 0.717) is 22.5 Å².